The zero-order chi connectivity index (χ0) is 22.6. The normalized spacial score (nSPS) is 13.7. The van der Waals surface area contributed by atoms with Gasteiger partial charge in [0.05, 0.1) is 33.5 Å². The highest BCUT2D eigenvalue weighted by Gasteiger charge is 2.34. The van der Waals surface area contributed by atoms with E-state index in [9.17, 15) is 4.79 Å². The fraction of sp³-hybridized carbons (Fsp3) is 0.696. The van der Waals surface area contributed by atoms with E-state index in [1.807, 2.05) is 24.3 Å². The summed E-state index contributed by atoms with van der Waals surface area (Å²) in [5, 5.41) is 1.28. The summed E-state index contributed by atoms with van der Waals surface area (Å²) in [5.41, 5.74) is 1.10. The number of benzene rings is 1. The van der Waals surface area contributed by atoms with Crippen molar-refractivity contribution >= 4 is 14.2 Å². The van der Waals surface area contributed by atoms with E-state index in [4.69, 9.17) is 18.7 Å². The molecule has 0 heterocycles. The van der Waals surface area contributed by atoms with Crippen LogP contribution in [0.1, 0.15) is 46.1 Å². The molecule has 0 aliphatic carbocycles. The monoisotopic (exact) mass is 439 g/mol. The predicted molar refractivity (Wildman–Crippen MR) is 123 cm³/mol. The van der Waals surface area contributed by atoms with Crippen molar-refractivity contribution in [2.24, 2.45) is 5.92 Å². The molecule has 0 aliphatic heterocycles. The maximum absolute atomic E-state index is 12.1. The first-order valence-corrected chi connectivity index (χ1v) is 13.6. The van der Waals surface area contributed by atoms with Crippen LogP contribution in [0.2, 0.25) is 18.1 Å². The van der Waals surface area contributed by atoms with Gasteiger partial charge in [-0.05, 0) is 48.2 Å². The number of carbonyl (C=O) groups excluding carboxylic acids is 1. The standard InChI is InChI=1S/C23H41NO5Si/c1-8-30(9-2,10-3)29-22(19(4)11-16-23(25)24(5)27-7)18-28-17-20-12-14-21(26-6)15-13-20/h12-15,19,22H,8-11,16-18H2,1-7H3/t19-,22-/m0/s1. The SMILES string of the molecule is CC[Si](CC)(CC)O[C@@H](COCc1ccc(OC)cc1)[C@@H](C)CCC(=O)N(C)OC. The van der Waals surface area contributed by atoms with Crippen LogP contribution in [0.4, 0.5) is 0 Å². The van der Waals surface area contributed by atoms with E-state index in [0.29, 0.717) is 19.6 Å². The van der Waals surface area contributed by atoms with Crippen molar-refractivity contribution in [1.29, 1.82) is 0 Å². The number of rotatable bonds is 15. The van der Waals surface area contributed by atoms with Crippen LogP contribution in [0.5, 0.6) is 5.75 Å². The summed E-state index contributed by atoms with van der Waals surface area (Å²) in [4.78, 5) is 17.1. The zero-order valence-corrected chi connectivity index (χ0v) is 20.9. The second-order valence-electron chi connectivity index (χ2n) is 7.85. The Hall–Kier alpha value is -1.41. The molecule has 0 saturated carbocycles. The number of nitrogens with zero attached hydrogens (tertiary/aromatic N) is 1. The lowest BCUT2D eigenvalue weighted by Crippen LogP contribution is -2.44. The summed E-state index contributed by atoms with van der Waals surface area (Å²) in [5.74, 6) is 1.03. The first kappa shape index (κ1) is 26.6. The minimum atomic E-state index is -1.79. The van der Waals surface area contributed by atoms with Crippen molar-refractivity contribution in [3.63, 3.8) is 0 Å². The van der Waals surface area contributed by atoms with E-state index < -0.39 is 8.32 Å². The Kier molecular flexibility index (Phi) is 12.2. The third kappa shape index (κ3) is 8.38. The Morgan fingerprint density at radius 3 is 2.17 bits per heavy atom. The number of methoxy groups -OCH3 is 1. The summed E-state index contributed by atoms with van der Waals surface area (Å²) in [6, 6.07) is 11.2. The van der Waals surface area contributed by atoms with Gasteiger partial charge < -0.3 is 13.9 Å². The maximum Gasteiger partial charge on any atom is 0.245 e. The number of hydroxylamine groups is 2. The molecule has 1 rings (SSSR count). The molecule has 2 atom stereocenters. The van der Waals surface area contributed by atoms with Crippen LogP contribution < -0.4 is 4.74 Å². The molecule has 0 unspecified atom stereocenters. The molecule has 1 aromatic carbocycles. The van der Waals surface area contributed by atoms with Crippen LogP contribution in [0.15, 0.2) is 24.3 Å². The first-order chi connectivity index (χ1) is 14.3. The van der Waals surface area contributed by atoms with E-state index in [2.05, 4.69) is 27.7 Å². The first-order valence-electron chi connectivity index (χ1n) is 11.0. The van der Waals surface area contributed by atoms with Crippen LogP contribution in [-0.4, -0.2) is 53.3 Å². The van der Waals surface area contributed by atoms with Crippen molar-refractivity contribution in [3.05, 3.63) is 29.8 Å². The van der Waals surface area contributed by atoms with E-state index >= 15 is 0 Å². The van der Waals surface area contributed by atoms with Crippen molar-refractivity contribution in [1.82, 2.24) is 5.06 Å². The number of ether oxygens (including phenoxy) is 2. The Labute approximate surface area is 183 Å². The minimum Gasteiger partial charge on any atom is -0.497 e. The molecule has 0 aliphatic rings. The number of hydrogen-bond acceptors (Lipinski definition) is 5. The van der Waals surface area contributed by atoms with E-state index in [0.717, 1.165) is 35.9 Å². The molecular formula is C23H41NO5Si. The lowest BCUT2D eigenvalue weighted by atomic mass is 9.99. The van der Waals surface area contributed by atoms with Crippen LogP contribution >= 0.6 is 0 Å². The van der Waals surface area contributed by atoms with Gasteiger partial charge in [-0.25, -0.2) is 5.06 Å². The molecule has 0 spiro atoms. The zero-order valence-electron chi connectivity index (χ0n) is 19.9. The molecule has 0 fully saturated rings. The Morgan fingerprint density at radius 1 is 1.07 bits per heavy atom. The van der Waals surface area contributed by atoms with Crippen molar-refractivity contribution in [2.75, 3.05) is 27.9 Å². The van der Waals surface area contributed by atoms with Crippen molar-refractivity contribution in [3.8, 4) is 5.75 Å². The van der Waals surface area contributed by atoms with Crippen molar-refractivity contribution < 1.29 is 23.5 Å². The van der Waals surface area contributed by atoms with Crippen LogP contribution in [0.3, 0.4) is 0 Å². The average molecular weight is 440 g/mol. The molecular weight excluding hydrogens is 398 g/mol. The third-order valence-electron chi connectivity index (χ3n) is 6.12. The highest BCUT2D eigenvalue weighted by molar-refractivity contribution is 6.73. The second-order valence-corrected chi connectivity index (χ2v) is 12.6. The molecule has 1 aromatic rings. The molecule has 30 heavy (non-hydrogen) atoms. The molecule has 172 valence electrons. The van der Waals surface area contributed by atoms with Gasteiger partial charge in [0.1, 0.15) is 5.75 Å². The lowest BCUT2D eigenvalue weighted by molar-refractivity contribution is -0.169. The molecule has 0 bridgehead atoms. The predicted octanol–water partition coefficient (Wildman–Crippen LogP) is 5.04. The summed E-state index contributed by atoms with van der Waals surface area (Å²) >= 11 is 0. The molecule has 0 aromatic heterocycles. The summed E-state index contributed by atoms with van der Waals surface area (Å²) in [6.45, 7) is 9.90. The Balaban J connectivity index is 2.76. The topological polar surface area (TPSA) is 57.2 Å². The van der Waals surface area contributed by atoms with Crippen LogP contribution in [0.25, 0.3) is 0 Å². The van der Waals surface area contributed by atoms with Gasteiger partial charge in [-0.1, -0.05) is 39.8 Å². The summed E-state index contributed by atoms with van der Waals surface area (Å²) in [6.07, 6.45) is 1.16. The smallest absolute Gasteiger partial charge is 0.245 e. The van der Waals surface area contributed by atoms with Gasteiger partial charge in [-0.15, -0.1) is 0 Å². The third-order valence-corrected chi connectivity index (χ3v) is 10.8. The lowest BCUT2D eigenvalue weighted by Gasteiger charge is -2.36. The molecule has 0 saturated heterocycles. The Bertz CT molecular complexity index is 598. The van der Waals surface area contributed by atoms with E-state index in [1.54, 1.807) is 14.2 Å². The number of carbonyl (C=O) groups is 1. The minimum absolute atomic E-state index is 0.0181. The van der Waals surface area contributed by atoms with Crippen LogP contribution in [-0.2, 0) is 25.4 Å². The Morgan fingerprint density at radius 2 is 1.67 bits per heavy atom. The fourth-order valence-corrected chi connectivity index (χ4v) is 6.39. The second kappa shape index (κ2) is 13.8. The molecule has 1 amide bonds. The van der Waals surface area contributed by atoms with Gasteiger partial charge in [0.25, 0.3) is 0 Å². The summed E-state index contributed by atoms with van der Waals surface area (Å²) < 4.78 is 18.1. The van der Waals surface area contributed by atoms with Gasteiger partial charge in [-0.3, -0.25) is 9.63 Å². The van der Waals surface area contributed by atoms with Gasteiger partial charge >= 0.3 is 0 Å². The average Bonchev–Trinajstić information content (AvgIpc) is 2.79. The van der Waals surface area contributed by atoms with Crippen molar-refractivity contribution in [2.45, 2.75) is 71.4 Å². The number of amides is 1. The van der Waals surface area contributed by atoms with E-state index in [-0.39, 0.29) is 17.9 Å². The largest absolute Gasteiger partial charge is 0.497 e. The van der Waals surface area contributed by atoms with Gasteiger partial charge in [0.15, 0.2) is 8.32 Å². The highest BCUT2D eigenvalue weighted by atomic mass is 28.4. The maximum atomic E-state index is 12.1. The van der Waals surface area contributed by atoms with E-state index in [1.165, 1.54) is 12.2 Å². The van der Waals surface area contributed by atoms with Gasteiger partial charge in [-0.2, -0.15) is 0 Å². The molecule has 7 heteroatoms. The fourth-order valence-electron chi connectivity index (χ4n) is 3.45. The molecule has 0 radical (unpaired) electrons. The molecule has 0 N–H and O–H groups in total. The summed E-state index contributed by atoms with van der Waals surface area (Å²) in [7, 11) is 3.02. The molecule has 6 nitrogen and oxygen atoms in total. The van der Waals surface area contributed by atoms with Gasteiger partial charge in [0.2, 0.25) is 5.91 Å². The highest BCUT2D eigenvalue weighted by Crippen LogP contribution is 2.28. The van der Waals surface area contributed by atoms with Crippen LogP contribution in [0, 0.1) is 5.92 Å². The quantitative estimate of drug-likeness (QED) is 0.283. The van der Waals surface area contributed by atoms with Gasteiger partial charge in [0, 0.05) is 13.5 Å². The number of hydrogen-bond donors (Lipinski definition) is 0.